The molecule has 2 N–H and O–H groups in total. The Morgan fingerprint density at radius 1 is 0.543 bits per heavy atom. The first-order valence-corrected chi connectivity index (χ1v) is 11.9. The zero-order chi connectivity index (χ0) is 24.3. The van der Waals surface area contributed by atoms with Crippen molar-refractivity contribution in [1.82, 2.24) is 0 Å². The van der Waals surface area contributed by atoms with Gasteiger partial charge in [0.2, 0.25) is 0 Å². The van der Waals surface area contributed by atoms with Crippen molar-refractivity contribution in [3.63, 3.8) is 0 Å². The smallest absolute Gasteiger partial charge is 0.161 e. The van der Waals surface area contributed by atoms with E-state index in [2.05, 4.69) is 60.7 Å². The Kier molecular flexibility index (Phi) is 9.32. The van der Waals surface area contributed by atoms with Gasteiger partial charge in [0.05, 0.1) is 39.6 Å². The summed E-state index contributed by atoms with van der Waals surface area (Å²) in [6, 6.07) is 25.2. The van der Waals surface area contributed by atoms with Crippen LogP contribution in [0.1, 0.15) is 11.1 Å². The standard InChI is InChI=1S/C29H32O6/c30-11-13-32-15-17-34-28-10-9-22(20-29(28)35-18-16-33-14-12-31)19-27-25-7-3-1-5-23(25)21-24-6-2-4-8-26(24)27/h1-10,20-21,30-31H,11-19H2. The number of fused-ring (bicyclic) bond motifs is 2. The zero-order valence-corrected chi connectivity index (χ0v) is 19.8. The fourth-order valence-corrected chi connectivity index (χ4v) is 4.15. The maximum atomic E-state index is 8.90. The number of hydrogen-bond acceptors (Lipinski definition) is 6. The van der Waals surface area contributed by atoms with Crippen LogP contribution in [0.5, 0.6) is 11.5 Å². The largest absolute Gasteiger partial charge is 0.487 e. The minimum absolute atomic E-state index is 0.0141. The predicted molar refractivity (Wildman–Crippen MR) is 138 cm³/mol. The van der Waals surface area contributed by atoms with Gasteiger partial charge in [-0.25, -0.2) is 0 Å². The molecule has 0 saturated heterocycles. The van der Waals surface area contributed by atoms with Crippen LogP contribution in [0.25, 0.3) is 21.5 Å². The highest BCUT2D eigenvalue weighted by molar-refractivity contribution is 6.02. The van der Waals surface area contributed by atoms with E-state index in [4.69, 9.17) is 29.2 Å². The molecule has 4 rings (SSSR count). The van der Waals surface area contributed by atoms with Gasteiger partial charge in [-0.1, -0.05) is 54.6 Å². The van der Waals surface area contributed by atoms with Crippen LogP contribution in [0.4, 0.5) is 0 Å². The lowest BCUT2D eigenvalue weighted by atomic mass is 9.92. The van der Waals surface area contributed by atoms with E-state index in [1.165, 1.54) is 27.1 Å². The Morgan fingerprint density at radius 2 is 1.11 bits per heavy atom. The quantitative estimate of drug-likeness (QED) is 0.208. The summed E-state index contributed by atoms with van der Waals surface area (Å²) in [5.41, 5.74) is 2.39. The molecular weight excluding hydrogens is 444 g/mol. The number of aliphatic hydroxyl groups is 2. The van der Waals surface area contributed by atoms with Crippen molar-refractivity contribution in [2.75, 3.05) is 52.9 Å². The van der Waals surface area contributed by atoms with Gasteiger partial charge in [-0.2, -0.15) is 0 Å². The van der Waals surface area contributed by atoms with Crippen molar-refractivity contribution in [3.05, 3.63) is 83.9 Å². The summed E-state index contributed by atoms with van der Waals surface area (Å²) in [5, 5.41) is 22.7. The van der Waals surface area contributed by atoms with Gasteiger partial charge in [-0.05, 0) is 57.3 Å². The summed E-state index contributed by atoms with van der Waals surface area (Å²) in [6.07, 6.45) is 0.749. The third kappa shape index (κ3) is 6.71. The van der Waals surface area contributed by atoms with Crippen LogP contribution in [0.3, 0.4) is 0 Å². The molecule has 0 radical (unpaired) electrons. The van der Waals surface area contributed by atoms with Gasteiger partial charge >= 0.3 is 0 Å². The Labute approximate surface area is 205 Å². The molecule has 0 spiro atoms. The molecule has 0 aromatic heterocycles. The first-order valence-electron chi connectivity index (χ1n) is 11.9. The molecule has 4 aromatic carbocycles. The van der Waals surface area contributed by atoms with E-state index >= 15 is 0 Å². The van der Waals surface area contributed by atoms with E-state index in [0.717, 1.165) is 12.0 Å². The Bertz CT molecular complexity index is 1170. The highest BCUT2D eigenvalue weighted by Crippen LogP contribution is 2.33. The van der Waals surface area contributed by atoms with Crippen LogP contribution in [-0.4, -0.2) is 63.1 Å². The molecule has 0 bridgehead atoms. The maximum absolute atomic E-state index is 8.90. The summed E-state index contributed by atoms with van der Waals surface area (Å²) >= 11 is 0. The van der Waals surface area contributed by atoms with Gasteiger partial charge in [0, 0.05) is 0 Å². The molecule has 0 amide bonds. The summed E-state index contributed by atoms with van der Waals surface area (Å²) in [4.78, 5) is 0. The summed E-state index contributed by atoms with van der Waals surface area (Å²) in [5.74, 6) is 1.27. The second-order valence-electron chi connectivity index (χ2n) is 8.12. The Balaban J connectivity index is 1.59. The molecule has 6 nitrogen and oxygen atoms in total. The van der Waals surface area contributed by atoms with E-state index in [1.807, 2.05) is 12.1 Å². The average molecular weight is 477 g/mol. The van der Waals surface area contributed by atoms with Crippen LogP contribution in [0.15, 0.2) is 72.8 Å². The number of rotatable bonds is 14. The van der Waals surface area contributed by atoms with Crippen molar-refractivity contribution in [1.29, 1.82) is 0 Å². The number of aliphatic hydroxyl groups excluding tert-OH is 2. The van der Waals surface area contributed by atoms with Crippen molar-refractivity contribution in [3.8, 4) is 11.5 Å². The third-order valence-corrected chi connectivity index (χ3v) is 5.71. The van der Waals surface area contributed by atoms with Crippen molar-refractivity contribution in [2.24, 2.45) is 0 Å². The Hall–Kier alpha value is -3.16. The zero-order valence-electron chi connectivity index (χ0n) is 19.8. The van der Waals surface area contributed by atoms with Crippen molar-refractivity contribution < 1.29 is 29.2 Å². The van der Waals surface area contributed by atoms with E-state index in [0.29, 0.717) is 37.9 Å². The van der Waals surface area contributed by atoms with Crippen LogP contribution in [-0.2, 0) is 15.9 Å². The average Bonchev–Trinajstić information content (AvgIpc) is 2.89. The normalized spacial score (nSPS) is 11.3. The molecule has 0 atom stereocenters. The second kappa shape index (κ2) is 13.1. The molecule has 0 aliphatic rings. The van der Waals surface area contributed by atoms with Crippen LogP contribution < -0.4 is 9.47 Å². The van der Waals surface area contributed by atoms with E-state index in [1.54, 1.807) is 0 Å². The summed E-state index contributed by atoms with van der Waals surface area (Å²) < 4.78 is 22.5. The fourth-order valence-electron chi connectivity index (χ4n) is 4.15. The van der Waals surface area contributed by atoms with Gasteiger partial charge in [-0.3, -0.25) is 0 Å². The molecule has 0 heterocycles. The molecule has 0 aliphatic heterocycles. The molecule has 184 valence electrons. The molecule has 0 fully saturated rings. The molecule has 0 saturated carbocycles. The molecule has 35 heavy (non-hydrogen) atoms. The maximum Gasteiger partial charge on any atom is 0.161 e. The first kappa shape index (κ1) is 24.9. The SMILES string of the molecule is OCCOCCOc1ccc(Cc2c3ccccc3cc3ccccc23)cc1OCCOCCO. The van der Waals surface area contributed by atoms with E-state index in [9.17, 15) is 0 Å². The number of hydrogen-bond donors (Lipinski definition) is 2. The molecule has 0 aliphatic carbocycles. The lowest BCUT2D eigenvalue weighted by Gasteiger charge is -2.16. The summed E-state index contributed by atoms with van der Waals surface area (Å²) in [7, 11) is 0. The topological polar surface area (TPSA) is 77.4 Å². The lowest BCUT2D eigenvalue weighted by Crippen LogP contribution is -2.12. The second-order valence-corrected chi connectivity index (χ2v) is 8.12. The minimum Gasteiger partial charge on any atom is -0.487 e. The number of benzene rings is 4. The fraction of sp³-hybridized carbons (Fsp3) is 0.310. The minimum atomic E-state index is -0.0172. The molecular formula is C29H32O6. The van der Waals surface area contributed by atoms with E-state index < -0.39 is 0 Å². The van der Waals surface area contributed by atoms with Crippen molar-refractivity contribution in [2.45, 2.75) is 6.42 Å². The van der Waals surface area contributed by atoms with Crippen LogP contribution in [0, 0.1) is 0 Å². The monoisotopic (exact) mass is 476 g/mol. The van der Waals surface area contributed by atoms with Gasteiger partial charge < -0.3 is 29.2 Å². The third-order valence-electron chi connectivity index (χ3n) is 5.71. The molecule has 4 aromatic rings. The van der Waals surface area contributed by atoms with Crippen LogP contribution in [0.2, 0.25) is 0 Å². The summed E-state index contributed by atoms with van der Waals surface area (Å²) in [6.45, 7) is 1.98. The predicted octanol–water partition coefficient (Wildman–Crippen LogP) is 4.36. The van der Waals surface area contributed by atoms with Crippen molar-refractivity contribution >= 4 is 21.5 Å². The molecule has 0 unspecified atom stereocenters. The van der Waals surface area contributed by atoms with Gasteiger partial charge in [-0.15, -0.1) is 0 Å². The number of ether oxygens (including phenoxy) is 4. The van der Waals surface area contributed by atoms with Gasteiger partial charge in [0.25, 0.3) is 0 Å². The Morgan fingerprint density at radius 3 is 1.71 bits per heavy atom. The van der Waals surface area contributed by atoms with Gasteiger partial charge in [0.1, 0.15) is 13.2 Å². The highest BCUT2D eigenvalue weighted by atomic mass is 16.6. The van der Waals surface area contributed by atoms with Crippen LogP contribution >= 0.6 is 0 Å². The molecule has 6 heteroatoms. The lowest BCUT2D eigenvalue weighted by molar-refractivity contribution is 0.0644. The van der Waals surface area contributed by atoms with E-state index in [-0.39, 0.29) is 26.4 Å². The highest BCUT2D eigenvalue weighted by Gasteiger charge is 2.12. The van der Waals surface area contributed by atoms with Gasteiger partial charge in [0.15, 0.2) is 11.5 Å². The first-order chi connectivity index (χ1) is 17.3.